The first-order chi connectivity index (χ1) is 13.0. The van der Waals surface area contributed by atoms with E-state index in [1.807, 2.05) is 0 Å². The van der Waals surface area contributed by atoms with Gasteiger partial charge in [0.25, 0.3) is 0 Å². The third kappa shape index (κ3) is 3.30. The molecule has 6 heteroatoms. The van der Waals surface area contributed by atoms with Crippen LogP contribution in [0.2, 0.25) is 0 Å². The summed E-state index contributed by atoms with van der Waals surface area (Å²) in [7, 11) is 0. The van der Waals surface area contributed by atoms with Crippen LogP contribution in [0.15, 0.2) is 42.5 Å². The Morgan fingerprint density at radius 1 is 0.926 bits per heavy atom. The fraction of sp³-hybridized carbons (Fsp3) is 0.286. The summed E-state index contributed by atoms with van der Waals surface area (Å²) >= 11 is 0. The lowest BCUT2D eigenvalue weighted by Gasteiger charge is -2.12. The second-order valence-electron chi connectivity index (χ2n) is 7.31. The molecule has 6 nitrogen and oxygen atoms in total. The average Bonchev–Trinajstić information content (AvgIpc) is 2.97. The zero-order valence-electron chi connectivity index (χ0n) is 15.7. The number of nitrogens with two attached hydrogens (primary N) is 2. The minimum atomic E-state index is 0.186. The zero-order chi connectivity index (χ0) is 19.0. The summed E-state index contributed by atoms with van der Waals surface area (Å²) in [5.41, 5.74) is 14.5. The maximum Gasteiger partial charge on any atom is 0.224 e. The highest BCUT2D eigenvalue weighted by Gasteiger charge is 2.17. The molecule has 0 aliphatic carbocycles. The van der Waals surface area contributed by atoms with Crippen molar-refractivity contribution in [3.63, 3.8) is 0 Å². The summed E-state index contributed by atoms with van der Waals surface area (Å²) in [4.78, 5) is 13.2. The number of hydrogen-bond acceptors (Lipinski definition) is 5. The van der Waals surface area contributed by atoms with E-state index in [0.717, 1.165) is 30.9 Å². The van der Waals surface area contributed by atoms with E-state index in [-0.39, 0.29) is 5.95 Å². The number of aryl methyl sites for hydroxylation is 2. The zero-order valence-corrected chi connectivity index (χ0v) is 15.7. The van der Waals surface area contributed by atoms with Crippen molar-refractivity contribution in [1.29, 1.82) is 0 Å². The minimum absolute atomic E-state index is 0.186. The number of hydrogen-bond donors (Lipinski definition) is 2. The van der Waals surface area contributed by atoms with E-state index in [1.165, 1.54) is 16.3 Å². The molecule has 4 N–H and O–H groups in total. The van der Waals surface area contributed by atoms with Gasteiger partial charge in [-0.3, -0.25) is 0 Å². The van der Waals surface area contributed by atoms with Crippen molar-refractivity contribution in [3.05, 3.63) is 53.9 Å². The SMILES string of the molecule is CC(C)Cn1c(CCc2cccc3ccccc23)nc2c(N)nc(N)nc21. The molecule has 0 radical (unpaired) electrons. The summed E-state index contributed by atoms with van der Waals surface area (Å²) in [5, 5.41) is 2.55. The molecule has 4 rings (SSSR count). The van der Waals surface area contributed by atoms with Gasteiger partial charge in [0.2, 0.25) is 5.95 Å². The molecule has 2 aromatic heterocycles. The molecular formula is C21H24N6. The first-order valence-electron chi connectivity index (χ1n) is 9.27. The van der Waals surface area contributed by atoms with Crippen molar-refractivity contribution in [2.45, 2.75) is 33.2 Å². The normalized spacial score (nSPS) is 11.7. The number of aromatic nitrogens is 4. The van der Waals surface area contributed by atoms with Crippen LogP contribution in [0, 0.1) is 5.92 Å². The average molecular weight is 360 g/mol. The largest absolute Gasteiger partial charge is 0.382 e. The maximum atomic E-state index is 6.04. The Morgan fingerprint density at radius 2 is 1.70 bits per heavy atom. The van der Waals surface area contributed by atoms with Gasteiger partial charge in [-0.25, -0.2) is 4.98 Å². The van der Waals surface area contributed by atoms with Gasteiger partial charge in [0.1, 0.15) is 5.82 Å². The Hall–Kier alpha value is -3.15. The topological polar surface area (TPSA) is 95.6 Å². The molecule has 0 saturated carbocycles. The predicted molar refractivity (Wildman–Crippen MR) is 110 cm³/mol. The van der Waals surface area contributed by atoms with E-state index in [1.54, 1.807) is 0 Å². The van der Waals surface area contributed by atoms with Gasteiger partial charge in [0.15, 0.2) is 17.0 Å². The first-order valence-corrected chi connectivity index (χ1v) is 9.27. The molecule has 2 aromatic carbocycles. The van der Waals surface area contributed by atoms with Crippen molar-refractivity contribution in [3.8, 4) is 0 Å². The second kappa shape index (κ2) is 6.87. The van der Waals surface area contributed by atoms with Gasteiger partial charge in [-0.1, -0.05) is 56.3 Å². The number of rotatable bonds is 5. The van der Waals surface area contributed by atoms with Crippen molar-refractivity contribution >= 4 is 33.7 Å². The smallest absolute Gasteiger partial charge is 0.224 e. The lowest BCUT2D eigenvalue weighted by Crippen LogP contribution is -2.11. The van der Waals surface area contributed by atoms with Crippen LogP contribution < -0.4 is 11.5 Å². The van der Waals surface area contributed by atoms with Crippen molar-refractivity contribution < 1.29 is 0 Å². The Kier molecular flexibility index (Phi) is 4.39. The molecule has 0 unspecified atom stereocenters. The van der Waals surface area contributed by atoms with E-state index in [2.05, 4.69) is 70.8 Å². The highest BCUT2D eigenvalue weighted by Crippen LogP contribution is 2.24. The molecule has 0 aliphatic heterocycles. The number of anilines is 2. The summed E-state index contributed by atoms with van der Waals surface area (Å²) in [6.45, 7) is 5.17. The molecule has 0 fully saturated rings. The quantitative estimate of drug-likeness (QED) is 0.567. The highest BCUT2D eigenvalue weighted by atomic mass is 15.2. The van der Waals surface area contributed by atoms with E-state index in [0.29, 0.717) is 17.3 Å². The molecule has 0 amide bonds. The van der Waals surface area contributed by atoms with Crippen molar-refractivity contribution in [1.82, 2.24) is 19.5 Å². The Morgan fingerprint density at radius 3 is 2.52 bits per heavy atom. The lowest BCUT2D eigenvalue weighted by molar-refractivity contribution is 0.514. The fourth-order valence-corrected chi connectivity index (χ4v) is 3.59. The Labute approximate surface area is 158 Å². The van der Waals surface area contributed by atoms with E-state index in [9.17, 15) is 0 Å². The number of imidazole rings is 1. The van der Waals surface area contributed by atoms with Crippen LogP contribution in [0.3, 0.4) is 0 Å². The Balaban J connectivity index is 1.73. The predicted octanol–water partition coefficient (Wildman–Crippen LogP) is 3.59. The van der Waals surface area contributed by atoms with E-state index >= 15 is 0 Å². The van der Waals surface area contributed by atoms with Crippen LogP contribution in [-0.2, 0) is 19.4 Å². The molecule has 0 bridgehead atoms. The van der Waals surface area contributed by atoms with Gasteiger partial charge in [-0.15, -0.1) is 0 Å². The second-order valence-corrected chi connectivity index (χ2v) is 7.31. The van der Waals surface area contributed by atoms with E-state index in [4.69, 9.17) is 16.5 Å². The van der Waals surface area contributed by atoms with Crippen LogP contribution in [0.4, 0.5) is 11.8 Å². The van der Waals surface area contributed by atoms with Crippen molar-refractivity contribution in [2.24, 2.45) is 5.92 Å². The standard InChI is InChI=1S/C21H24N6/c1-13(2)12-27-17(24-18-19(22)25-21(23)26-20(18)27)11-10-15-8-5-7-14-6-3-4-9-16(14)15/h3-9,13H,10-12H2,1-2H3,(H4,22,23,25,26). The summed E-state index contributed by atoms with van der Waals surface area (Å²) in [6, 6.07) is 14.9. The van der Waals surface area contributed by atoms with Gasteiger partial charge >= 0.3 is 0 Å². The van der Waals surface area contributed by atoms with Crippen LogP contribution in [0.1, 0.15) is 25.2 Å². The molecule has 0 spiro atoms. The summed E-state index contributed by atoms with van der Waals surface area (Å²) in [5.74, 6) is 1.95. The maximum absolute atomic E-state index is 6.04. The Bertz CT molecular complexity index is 1110. The van der Waals surface area contributed by atoms with Crippen LogP contribution in [0.25, 0.3) is 21.9 Å². The summed E-state index contributed by atoms with van der Waals surface area (Å²) in [6.07, 6.45) is 1.70. The van der Waals surface area contributed by atoms with Gasteiger partial charge in [0, 0.05) is 13.0 Å². The fourth-order valence-electron chi connectivity index (χ4n) is 3.59. The third-order valence-electron chi connectivity index (χ3n) is 4.76. The summed E-state index contributed by atoms with van der Waals surface area (Å²) < 4.78 is 2.14. The minimum Gasteiger partial charge on any atom is -0.382 e. The molecular weight excluding hydrogens is 336 g/mol. The van der Waals surface area contributed by atoms with Crippen LogP contribution in [-0.4, -0.2) is 19.5 Å². The molecule has 2 heterocycles. The number of benzene rings is 2. The van der Waals surface area contributed by atoms with Crippen LogP contribution in [0.5, 0.6) is 0 Å². The highest BCUT2D eigenvalue weighted by molar-refractivity contribution is 5.86. The molecule has 4 aromatic rings. The monoisotopic (exact) mass is 360 g/mol. The van der Waals surface area contributed by atoms with Gasteiger partial charge in [-0.2, -0.15) is 9.97 Å². The molecule has 138 valence electrons. The molecule has 0 atom stereocenters. The first kappa shape index (κ1) is 17.3. The van der Waals surface area contributed by atoms with Gasteiger partial charge in [0.05, 0.1) is 0 Å². The van der Waals surface area contributed by atoms with Crippen molar-refractivity contribution in [2.75, 3.05) is 11.5 Å². The molecule has 0 saturated heterocycles. The number of fused-ring (bicyclic) bond motifs is 2. The van der Waals surface area contributed by atoms with E-state index < -0.39 is 0 Å². The lowest BCUT2D eigenvalue weighted by atomic mass is 10.0. The number of nitrogens with zero attached hydrogens (tertiary/aromatic N) is 4. The van der Waals surface area contributed by atoms with Gasteiger partial charge in [-0.05, 0) is 28.7 Å². The van der Waals surface area contributed by atoms with Gasteiger partial charge < -0.3 is 16.0 Å². The third-order valence-corrected chi connectivity index (χ3v) is 4.76. The molecule has 27 heavy (non-hydrogen) atoms. The number of nitrogen functional groups attached to an aromatic ring is 2. The molecule has 0 aliphatic rings. The van der Waals surface area contributed by atoms with Crippen LogP contribution >= 0.6 is 0 Å².